The lowest BCUT2D eigenvalue weighted by Crippen LogP contribution is -2.11. The van der Waals surface area contributed by atoms with Crippen molar-refractivity contribution < 1.29 is 0 Å². The predicted octanol–water partition coefficient (Wildman–Crippen LogP) is 16.9. The van der Waals surface area contributed by atoms with Gasteiger partial charge in [-0.3, -0.25) is 10.4 Å². The number of aromatic nitrogens is 1. The number of hydrogen-bond acceptors (Lipinski definition) is 5. The van der Waals surface area contributed by atoms with Crippen molar-refractivity contribution in [1.82, 2.24) is 4.98 Å². The van der Waals surface area contributed by atoms with Gasteiger partial charge in [-0.25, -0.2) is 9.98 Å². The quantitative estimate of drug-likeness (QED) is 0.0404. The van der Waals surface area contributed by atoms with E-state index in [1.54, 1.807) is 12.2 Å². The summed E-state index contributed by atoms with van der Waals surface area (Å²) in [7, 11) is 0. The average molecular weight is 970 g/mol. The molecule has 1 atom stereocenters. The summed E-state index contributed by atoms with van der Waals surface area (Å²) in [5.74, 6) is 0.574. The maximum atomic E-state index is 8.43. The third-order valence-electron chi connectivity index (χ3n) is 10.9. The zero-order valence-electron chi connectivity index (χ0n) is 44.7. The monoisotopic (exact) mass is 970 g/mol. The topological polar surface area (TPSA) is 140 Å². The molecule has 1 aliphatic rings. The number of rotatable bonds is 13. The highest BCUT2D eigenvalue weighted by atomic mass is 14.9. The molecular formula is C66H79N7. The van der Waals surface area contributed by atoms with Gasteiger partial charge in [-0.05, 0) is 138 Å². The standard InChI is InChI=1S/C31H28N4.C15H18N2.C8H12.C7H11N.C5H10/c1-5-9-22(6-2)31(33-4)35-30(32)24-14-12-23(13-15-24)27-19-26-18-25(16-17-29(26)34-20-27)28-11-8-7-10-21(28)3;16-14(12-7-3-1-4-8-12)11-15(17)13-9-5-2-6-10-13;1-4-6-8(3)7-5-2;1-4-5-6(2)7(3)8;1-3-5-4-2/h5-20,32H,4H2,1-3H3;1,3-5,7-11,14H,2,6,16-17H2;4-7H,1H2,2-3H3;4-5H,1,3,8H2,2H3;3,5H,4H2,1-2H3/b9-5-,22-6+,32-30?,35-31?;15-11-;7-5-,8-6-;6-5+;5-3-. The van der Waals surface area contributed by atoms with Crippen LogP contribution in [-0.2, 0) is 0 Å². The number of aryl methyl sites for hydroxylation is 1. The first-order valence-corrected chi connectivity index (χ1v) is 24.6. The molecule has 0 saturated heterocycles. The van der Waals surface area contributed by atoms with E-state index in [0.29, 0.717) is 17.1 Å². The van der Waals surface area contributed by atoms with Crippen LogP contribution in [0, 0.1) is 12.3 Å². The predicted molar refractivity (Wildman–Crippen MR) is 323 cm³/mol. The van der Waals surface area contributed by atoms with E-state index in [9.17, 15) is 0 Å². The molecule has 1 unspecified atom stereocenters. The Kier molecular flexibility index (Phi) is 29.1. The molecule has 7 heteroatoms. The van der Waals surface area contributed by atoms with Gasteiger partial charge in [-0.1, -0.05) is 202 Å². The molecule has 4 aromatic carbocycles. The molecule has 7 N–H and O–H groups in total. The smallest absolute Gasteiger partial charge is 0.160 e. The Hall–Kier alpha value is -8.26. The van der Waals surface area contributed by atoms with E-state index in [4.69, 9.17) is 22.6 Å². The minimum Gasteiger partial charge on any atom is -0.399 e. The Bertz CT molecular complexity index is 2890. The van der Waals surface area contributed by atoms with E-state index in [1.165, 1.54) is 22.3 Å². The molecule has 5 aromatic rings. The molecule has 0 aliphatic heterocycles. The van der Waals surface area contributed by atoms with Gasteiger partial charge in [-0.15, -0.1) is 0 Å². The maximum Gasteiger partial charge on any atom is 0.160 e. The van der Waals surface area contributed by atoms with Crippen LogP contribution in [0.4, 0.5) is 0 Å². The summed E-state index contributed by atoms with van der Waals surface area (Å²) in [4.78, 5) is 13.1. The fourth-order valence-electron chi connectivity index (χ4n) is 6.93. The van der Waals surface area contributed by atoms with Gasteiger partial charge in [0.25, 0.3) is 0 Å². The number of nitrogens with one attached hydrogen (secondary N) is 1. The first kappa shape index (κ1) is 60.9. The SMILES string of the molecule is C/C=C\CC.C=C/C=C(C)\C=C/C.C=C/C=C(\C)C(=C)N.C=NC(=NC(=N)c1ccc(-c2cnc3ccc(-c4ccccc4C)cc3c2)cc1)C(/C=C\C)=C/C.N/C(=C\C(N)c1ccccc1)C1=CCCC=C1. The number of pyridine rings is 1. The van der Waals surface area contributed by atoms with Crippen LogP contribution in [0.2, 0.25) is 0 Å². The summed E-state index contributed by atoms with van der Waals surface area (Å²) >= 11 is 0. The highest BCUT2D eigenvalue weighted by Gasteiger charge is 2.09. The number of aliphatic imine (C=N–C) groups is 2. The molecule has 6 rings (SSSR count). The van der Waals surface area contributed by atoms with E-state index in [0.717, 1.165) is 69.3 Å². The van der Waals surface area contributed by atoms with E-state index >= 15 is 0 Å². The highest BCUT2D eigenvalue weighted by molar-refractivity contribution is 6.12. The zero-order chi connectivity index (χ0) is 54.0. The Morgan fingerprint density at radius 1 is 0.795 bits per heavy atom. The molecule has 7 nitrogen and oxygen atoms in total. The van der Waals surface area contributed by atoms with Crippen LogP contribution in [0.15, 0.2) is 264 Å². The molecule has 1 aliphatic carbocycles. The van der Waals surface area contributed by atoms with E-state index in [-0.39, 0.29) is 11.9 Å². The molecule has 0 amide bonds. The summed E-state index contributed by atoms with van der Waals surface area (Å²) in [5.41, 5.74) is 31.4. The second-order valence-corrected chi connectivity index (χ2v) is 16.6. The average Bonchev–Trinajstić information content (AvgIpc) is 3.41. The van der Waals surface area contributed by atoms with Crippen molar-refractivity contribution in [3.63, 3.8) is 0 Å². The van der Waals surface area contributed by atoms with Gasteiger partial charge in [0.05, 0.1) is 11.6 Å². The normalized spacial score (nSPS) is 13.3. The van der Waals surface area contributed by atoms with Crippen LogP contribution >= 0.6 is 0 Å². The molecule has 378 valence electrons. The summed E-state index contributed by atoms with van der Waals surface area (Å²) in [6.45, 7) is 30.3. The van der Waals surface area contributed by atoms with Crippen LogP contribution in [0.5, 0.6) is 0 Å². The third kappa shape index (κ3) is 22.1. The Labute approximate surface area is 438 Å². The van der Waals surface area contributed by atoms with Gasteiger partial charge in [0, 0.05) is 39.7 Å². The second-order valence-electron chi connectivity index (χ2n) is 16.6. The van der Waals surface area contributed by atoms with Crippen molar-refractivity contribution in [2.45, 2.75) is 80.7 Å². The molecule has 0 fully saturated rings. The van der Waals surface area contributed by atoms with Gasteiger partial charge in [0.2, 0.25) is 0 Å². The number of benzene rings is 4. The first-order valence-electron chi connectivity index (χ1n) is 24.6. The van der Waals surface area contributed by atoms with Gasteiger partial charge >= 0.3 is 0 Å². The number of fused-ring (bicyclic) bond motifs is 1. The molecule has 0 spiro atoms. The minimum absolute atomic E-state index is 0.141. The molecule has 0 saturated carbocycles. The van der Waals surface area contributed by atoms with E-state index in [2.05, 4.69) is 134 Å². The molecule has 1 aromatic heterocycles. The van der Waals surface area contributed by atoms with Crippen molar-refractivity contribution in [3.05, 3.63) is 271 Å². The zero-order valence-corrected chi connectivity index (χ0v) is 44.7. The maximum absolute atomic E-state index is 8.43. The van der Waals surface area contributed by atoms with Crippen LogP contribution in [0.3, 0.4) is 0 Å². The minimum atomic E-state index is -0.146. The number of nitrogens with zero attached hydrogens (tertiary/aromatic N) is 3. The highest BCUT2D eigenvalue weighted by Crippen LogP contribution is 2.29. The largest absolute Gasteiger partial charge is 0.399 e. The third-order valence-corrected chi connectivity index (χ3v) is 10.9. The molecule has 0 bridgehead atoms. The Morgan fingerprint density at radius 3 is 1.97 bits per heavy atom. The van der Waals surface area contributed by atoms with Gasteiger partial charge < -0.3 is 17.2 Å². The lowest BCUT2D eigenvalue weighted by atomic mass is 9.98. The summed E-state index contributed by atoms with van der Waals surface area (Å²) in [6, 6.07) is 34.6. The fourth-order valence-corrected chi connectivity index (χ4v) is 6.93. The van der Waals surface area contributed by atoms with Crippen LogP contribution < -0.4 is 17.2 Å². The van der Waals surface area contributed by atoms with Crippen molar-refractivity contribution >= 4 is 29.3 Å². The number of nitrogens with two attached hydrogens (primary N) is 3. The molecule has 0 radical (unpaired) electrons. The lowest BCUT2D eigenvalue weighted by molar-refractivity contribution is 0.897. The second kappa shape index (κ2) is 34.9. The molecular weight excluding hydrogens is 891 g/mol. The molecule has 73 heavy (non-hydrogen) atoms. The van der Waals surface area contributed by atoms with E-state index in [1.807, 2.05) is 151 Å². The van der Waals surface area contributed by atoms with Crippen LogP contribution in [-0.4, -0.2) is 23.4 Å². The van der Waals surface area contributed by atoms with Gasteiger partial charge in [0.15, 0.2) is 11.7 Å². The Balaban J connectivity index is 0.000000394. The fraction of sp³-hybridized carbons (Fsp3) is 0.182. The van der Waals surface area contributed by atoms with Gasteiger partial charge in [0.1, 0.15) is 0 Å². The van der Waals surface area contributed by atoms with E-state index < -0.39 is 0 Å². The van der Waals surface area contributed by atoms with Crippen molar-refractivity contribution in [3.8, 4) is 22.3 Å². The van der Waals surface area contributed by atoms with Crippen LogP contribution in [0.25, 0.3) is 33.2 Å². The molecule has 1 heterocycles. The van der Waals surface area contributed by atoms with Crippen LogP contribution in [0.1, 0.15) is 90.5 Å². The summed E-state index contributed by atoms with van der Waals surface area (Å²) in [5, 5.41) is 9.52. The first-order chi connectivity index (χ1) is 35.2. The number of hydrogen-bond donors (Lipinski definition) is 4. The lowest BCUT2D eigenvalue weighted by Gasteiger charge is -2.11. The van der Waals surface area contributed by atoms with Crippen molar-refractivity contribution in [2.24, 2.45) is 27.2 Å². The Morgan fingerprint density at radius 2 is 1.44 bits per heavy atom. The summed E-state index contributed by atoms with van der Waals surface area (Å²) < 4.78 is 0. The number of allylic oxidation sites excluding steroid dienone is 15. The van der Waals surface area contributed by atoms with Crippen molar-refractivity contribution in [1.29, 1.82) is 5.41 Å². The van der Waals surface area contributed by atoms with Crippen molar-refractivity contribution in [2.75, 3.05) is 0 Å². The van der Waals surface area contributed by atoms with Gasteiger partial charge in [-0.2, -0.15) is 0 Å². The number of amidine groups is 2. The summed E-state index contributed by atoms with van der Waals surface area (Å²) in [6.07, 6.45) is 34.7.